The maximum Gasteiger partial charge on any atom is 0.308 e. The smallest absolute Gasteiger partial charge is 0.308 e. The van der Waals surface area contributed by atoms with Gasteiger partial charge in [0.15, 0.2) is 5.78 Å². The van der Waals surface area contributed by atoms with Crippen LogP contribution in [0.4, 0.5) is 0 Å². The van der Waals surface area contributed by atoms with Crippen molar-refractivity contribution in [2.75, 3.05) is 39.6 Å². The van der Waals surface area contributed by atoms with Gasteiger partial charge in [-0.15, -0.1) is 0 Å². The molecule has 1 amide bonds. The van der Waals surface area contributed by atoms with Gasteiger partial charge in [-0.1, -0.05) is 90.0 Å². The van der Waals surface area contributed by atoms with E-state index in [1.165, 1.54) is 38.5 Å². The highest BCUT2D eigenvalue weighted by Crippen LogP contribution is 2.33. The van der Waals surface area contributed by atoms with Crippen molar-refractivity contribution in [1.29, 1.82) is 0 Å². The lowest BCUT2D eigenvalue weighted by Crippen LogP contribution is -2.48. The Morgan fingerprint density at radius 2 is 1.67 bits per heavy atom. The highest BCUT2D eigenvalue weighted by atomic mass is 16.5. The molecule has 6 unspecified atom stereocenters. The molecule has 4 aliphatic rings. The second-order valence-electron chi connectivity index (χ2n) is 16.3. The number of nitrogens with zero attached hydrogens (tertiary/aromatic N) is 2. The molecule has 4 aliphatic carbocycles. The number of nitrogens with one attached hydrogen (secondary N) is 2. The van der Waals surface area contributed by atoms with Crippen molar-refractivity contribution >= 4 is 23.4 Å². The number of Topliss-reactive ketones (excluding diaryl/α,β-unsaturated/α-hetero) is 1. The fraction of sp³-hybridized carbons (Fsp3) is 0.727. The summed E-state index contributed by atoms with van der Waals surface area (Å²) in [5.41, 5.74) is 2.09. The number of aliphatic imine (C=N–C) groups is 1. The third-order valence-corrected chi connectivity index (χ3v) is 12.2. The van der Waals surface area contributed by atoms with Crippen LogP contribution in [0, 0.1) is 17.8 Å². The van der Waals surface area contributed by atoms with E-state index in [4.69, 9.17) is 14.5 Å². The molecule has 0 saturated heterocycles. The van der Waals surface area contributed by atoms with Gasteiger partial charge in [0, 0.05) is 36.3 Å². The normalized spacial score (nSPS) is 26.4. The van der Waals surface area contributed by atoms with E-state index in [0.717, 1.165) is 63.5 Å². The summed E-state index contributed by atoms with van der Waals surface area (Å²) < 4.78 is 11.7. The molecule has 0 aromatic heterocycles. The number of ketones is 1. The van der Waals surface area contributed by atoms with E-state index in [1.807, 2.05) is 18.2 Å². The van der Waals surface area contributed by atoms with Crippen LogP contribution in [0.3, 0.4) is 0 Å². The number of amides is 1. The monoisotopic (exact) mass is 749 g/mol. The fourth-order valence-corrected chi connectivity index (χ4v) is 8.68. The molecule has 0 spiro atoms. The molecule has 0 heterocycles. The Kier molecular flexibility index (Phi) is 17.2. The standard InChI is InChI=1S/C44H68N4O6/c1-4-6-7-8-9-10-11-14-25-53-44(52)32-17-18-33(40(27-32)46-30-54-35-20-21-35)29-45-43(51)38-28-41(36-15-12-13-16-37(36)42(38)50)47-39-22-19-34(26-31(39)3)48(5-2)23-24-49/h12-13,15-16,28,31-35,39-40,46,49H,4-11,14,17-27,29-30H2,1-3H3,(H,45,51). The van der Waals surface area contributed by atoms with Crippen LogP contribution in [0.2, 0.25) is 0 Å². The molecule has 6 atom stereocenters. The maximum atomic E-state index is 13.8. The lowest BCUT2D eigenvalue weighted by Gasteiger charge is -2.38. The van der Waals surface area contributed by atoms with Crippen molar-refractivity contribution in [1.82, 2.24) is 15.5 Å². The van der Waals surface area contributed by atoms with Gasteiger partial charge in [-0.25, -0.2) is 0 Å². The molecule has 3 N–H and O–H groups in total. The predicted octanol–water partition coefficient (Wildman–Crippen LogP) is 6.78. The highest BCUT2D eigenvalue weighted by Gasteiger charge is 2.37. The molecule has 10 nitrogen and oxygen atoms in total. The minimum absolute atomic E-state index is 0.0232. The molecule has 54 heavy (non-hydrogen) atoms. The van der Waals surface area contributed by atoms with E-state index in [9.17, 15) is 19.5 Å². The maximum absolute atomic E-state index is 13.8. The lowest BCUT2D eigenvalue weighted by molar-refractivity contribution is -0.150. The van der Waals surface area contributed by atoms with Gasteiger partial charge >= 0.3 is 5.97 Å². The van der Waals surface area contributed by atoms with Crippen LogP contribution < -0.4 is 10.6 Å². The summed E-state index contributed by atoms with van der Waals surface area (Å²) in [6.45, 7) is 9.64. The fourth-order valence-electron chi connectivity index (χ4n) is 8.68. The van der Waals surface area contributed by atoms with Gasteiger partial charge in [0.2, 0.25) is 0 Å². The number of hydrogen-bond acceptors (Lipinski definition) is 9. The van der Waals surface area contributed by atoms with Gasteiger partial charge < -0.3 is 19.9 Å². The SMILES string of the molecule is CCCCCCCCCCOC(=O)C1CCC(CNC(=O)C2=CC(=NC3CCC(N(CC)CCO)CC3C)c3ccccc3C2=O)C(NCOC2CC2)C1. The van der Waals surface area contributed by atoms with Crippen molar-refractivity contribution < 1.29 is 29.0 Å². The molecular weight excluding hydrogens is 681 g/mol. The Bertz CT molecular complexity index is 1430. The first kappa shape index (κ1) is 42.2. The predicted molar refractivity (Wildman–Crippen MR) is 214 cm³/mol. The van der Waals surface area contributed by atoms with Gasteiger partial charge in [-0.2, -0.15) is 0 Å². The number of benzene rings is 1. The van der Waals surface area contributed by atoms with E-state index < -0.39 is 0 Å². The minimum atomic E-state index is -0.388. The Morgan fingerprint density at radius 3 is 2.37 bits per heavy atom. The van der Waals surface area contributed by atoms with Gasteiger partial charge in [0.1, 0.15) is 0 Å². The average molecular weight is 749 g/mol. The van der Waals surface area contributed by atoms with Crippen LogP contribution >= 0.6 is 0 Å². The molecule has 1 aromatic carbocycles. The first-order valence-electron chi connectivity index (χ1n) is 21.4. The van der Waals surface area contributed by atoms with Gasteiger partial charge in [0.05, 0.1) is 49.3 Å². The summed E-state index contributed by atoms with van der Waals surface area (Å²) in [5, 5.41) is 16.2. The second kappa shape index (κ2) is 22.0. The number of aliphatic hydroxyl groups excluding tert-OH is 1. The summed E-state index contributed by atoms with van der Waals surface area (Å²) in [5.74, 6) is -0.560. The number of aliphatic hydroxyl groups is 1. The van der Waals surface area contributed by atoms with Crippen molar-refractivity contribution in [3.8, 4) is 0 Å². The van der Waals surface area contributed by atoms with Gasteiger partial charge in [0.25, 0.3) is 5.91 Å². The Hall–Kier alpha value is -2.92. The van der Waals surface area contributed by atoms with E-state index in [1.54, 1.807) is 12.1 Å². The zero-order valence-electron chi connectivity index (χ0n) is 33.4. The molecule has 5 rings (SSSR count). The number of carbonyl (C=O) groups excluding carboxylic acids is 3. The third-order valence-electron chi connectivity index (χ3n) is 12.2. The topological polar surface area (TPSA) is 130 Å². The van der Waals surface area contributed by atoms with Crippen molar-refractivity contribution in [2.45, 2.75) is 148 Å². The molecule has 3 saturated carbocycles. The molecule has 300 valence electrons. The summed E-state index contributed by atoms with van der Waals surface area (Å²) in [7, 11) is 0. The quantitative estimate of drug-likeness (QED) is 0.0513. The van der Waals surface area contributed by atoms with Crippen LogP contribution in [0.1, 0.15) is 139 Å². The van der Waals surface area contributed by atoms with E-state index in [-0.39, 0.29) is 53.8 Å². The number of carbonyl (C=O) groups is 3. The summed E-state index contributed by atoms with van der Waals surface area (Å²) in [6, 6.07) is 7.94. The van der Waals surface area contributed by atoms with Gasteiger partial charge in [-0.05, 0) is 82.2 Å². The van der Waals surface area contributed by atoms with Crippen LogP contribution in [0.5, 0.6) is 0 Å². The first-order chi connectivity index (χ1) is 26.3. The number of allylic oxidation sites excluding steroid dienone is 1. The van der Waals surface area contributed by atoms with Crippen LogP contribution in [-0.2, 0) is 19.1 Å². The van der Waals surface area contributed by atoms with E-state index >= 15 is 0 Å². The summed E-state index contributed by atoms with van der Waals surface area (Å²) in [6.07, 6.45) is 18.8. The number of ether oxygens (including phenoxy) is 2. The van der Waals surface area contributed by atoms with Crippen molar-refractivity contribution in [2.24, 2.45) is 22.7 Å². The molecule has 0 radical (unpaired) electrons. The number of likely N-dealkylation sites (N-methyl/N-ethyl adjacent to an activating group) is 1. The summed E-state index contributed by atoms with van der Waals surface area (Å²) >= 11 is 0. The number of fused-ring (bicyclic) bond motifs is 1. The zero-order valence-corrected chi connectivity index (χ0v) is 33.4. The molecule has 1 aromatic rings. The minimum Gasteiger partial charge on any atom is -0.465 e. The van der Waals surface area contributed by atoms with E-state index in [0.29, 0.717) is 68.6 Å². The molecule has 3 fully saturated rings. The number of hydrogen-bond donors (Lipinski definition) is 3. The van der Waals surface area contributed by atoms with Crippen molar-refractivity contribution in [3.63, 3.8) is 0 Å². The molecule has 0 aliphatic heterocycles. The second-order valence-corrected chi connectivity index (χ2v) is 16.3. The summed E-state index contributed by atoms with van der Waals surface area (Å²) in [4.78, 5) is 48.2. The Labute approximate surface area is 324 Å². The zero-order chi connectivity index (χ0) is 38.3. The Balaban J connectivity index is 1.18. The number of esters is 1. The number of unbranched alkanes of at least 4 members (excludes halogenated alkanes) is 7. The largest absolute Gasteiger partial charge is 0.465 e. The lowest BCUT2D eigenvalue weighted by atomic mass is 9.78. The molecule has 10 heteroatoms. The molecular formula is C44H68N4O6. The van der Waals surface area contributed by atoms with E-state index in [2.05, 4.69) is 36.3 Å². The first-order valence-corrected chi connectivity index (χ1v) is 21.4. The molecule has 0 bridgehead atoms. The Morgan fingerprint density at radius 1 is 0.926 bits per heavy atom. The van der Waals surface area contributed by atoms with Crippen LogP contribution in [0.15, 0.2) is 40.9 Å². The number of rotatable bonds is 22. The average Bonchev–Trinajstić information content (AvgIpc) is 4.02. The van der Waals surface area contributed by atoms with Crippen molar-refractivity contribution in [3.05, 3.63) is 47.0 Å². The van der Waals surface area contributed by atoms with Crippen LogP contribution in [-0.4, -0.2) is 97.2 Å². The van der Waals surface area contributed by atoms with Gasteiger partial charge in [-0.3, -0.25) is 29.6 Å². The van der Waals surface area contributed by atoms with Crippen LogP contribution in [0.25, 0.3) is 0 Å². The highest BCUT2D eigenvalue weighted by molar-refractivity contribution is 6.35. The third kappa shape index (κ3) is 12.3.